The van der Waals surface area contributed by atoms with Gasteiger partial charge in [-0.1, -0.05) is 57.9 Å². The first-order valence-corrected chi connectivity index (χ1v) is 14.1. The Hall–Kier alpha value is -3.09. The molecule has 1 N–H and O–H groups in total. The molecule has 3 rings (SSSR count). The molecule has 0 heterocycles. The van der Waals surface area contributed by atoms with Crippen LogP contribution in [0.15, 0.2) is 82.2 Å². The number of carbonyl (C=O) groups excluding carboxylic acids is 2. The Balaban J connectivity index is 2.12. The predicted molar refractivity (Wildman–Crippen MR) is 146 cm³/mol. The van der Waals surface area contributed by atoms with Crippen LogP contribution in [0.25, 0.3) is 0 Å². The summed E-state index contributed by atoms with van der Waals surface area (Å²) in [7, 11) is -3.19. The highest BCUT2D eigenvalue weighted by Crippen LogP contribution is 2.37. The molecule has 0 aliphatic rings. The summed E-state index contributed by atoms with van der Waals surface area (Å²) in [5.74, 6) is -1.35. The van der Waals surface area contributed by atoms with E-state index in [9.17, 15) is 31.2 Å². The molecule has 0 saturated heterocycles. The van der Waals surface area contributed by atoms with Crippen LogP contribution in [0, 0.1) is 0 Å². The van der Waals surface area contributed by atoms with Crippen molar-refractivity contribution in [2.24, 2.45) is 0 Å². The van der Waals surface area contributed by atoms with Crippen LogP contribution in [0.3, 0.4) is 0 Å². The first kappa shape index (κ1) is 30.5. The van der Waals surface area contributed by atoms with Gasteiger partial charge >= 0.3 is 6.18 Å². The fraction of sp³-hybridized carbons (Fsp3) is 0.231. The molecule has 208 valence electrons. The number of nitrogens with one attached hydrogen (secondary N) is 1. The highest BCUT2D eigenvalue weighted by atomic mass is 79.9. The molecular formula is C26H24BrClF3N3O4S. The average Bonchev–Trinajstić information content (AvgIpc) is 2.90. The van der Waals surface area contributed by atoms with Crippen molar-refractivity contribution in [1.29, 1.82) is 0 Å². The van der Waals surface area contributed by atoms with Crippen LogP contribution in [-0.4, -0.2) is 44.8 Å². The minimum Gasteiger partial charge on any atom is -0.357 e. The van der Waals surface area contributed by atoms with Crippen LogP contribution < -0.4 is 9.62 Å². The molecule has 0 aliphatic heterocycles. The maximum atomic E-state index is 13.7. The third-order valence-electron chi connectivity index (χ3n) is 5.83. The average molecular weight is 647 g/mol. The Labute approximate surface area is 237 Å². The van der Waals surface area contributed by atoms with Crippen molar-refractivity contribution in [3.8, 4) is 0 Å². The molecule has 1 atom stereocenters. The van der Waals surface area contributed by atoms with E-state index in [1.807, 2.05) is 0 Å². The van der Waals surface area contributed by atoms with Gasteiger partial charge in [0.05, 0.1) is 21.2 Å². The predicted octanol–water partition coefficient (Wildman–Crippen LogP) is 5.48. The third kappa shape index (κ3) is 7.31. The number of likely N-dealkylation sites (N-methyl/N-ethyl adjacent to an activating group) is 1. The van der Waals surface area contributed by atoms with Gasteiger partial charge < -0.3 is 10.2 Å². The molecule has 39 heavy (non-hydrogen) atoms. The van der Waals surface area contributed by atoms with E-state index < -0.39 is 51.9 Å². The molecular weight excluding hydrogens is 623 g/mol. The van der Waals surface area contributed by atoms with Gasteiger partial charge in [-0.2, -0.15) is 13.2 Å². The second kappa shape index (κ2) is 12.4. The molecule has 0 aromatic heterocycles. The summed E-state index contributed by atoms with van der Waals surface area (Å²) in [6, 6.07) is 15.0. The van der Waals surface area contributed by atoms with Gasteiger partial charge in [0.1, 0.15) is 12.6 Å². The molecule has 0 aliphatic carbocycles. The number of alkyl halides is 3. The van der Waals surface area contributed by atoms with Gasteiger partial charge in [-0.25, -0.2) is 8.42 Å². The Morgan fingerprint density at radius 3 is 2.21 bits per heavy atom. The molecule has 0 saturated carbocycles. The number of sulfonamides is 1. The van der Waals surface area contributed by atoms with E-state index in [4.69, 9.17) is 11.6 Å². The Morgan fingerprint density at radius 2 is 1.64 bits per heavy atom. The summed E-state index contributed by atoms with van der Waals surface area (Å²) in [5, 5.41) is 2.14. The molecule has 1 unspecified atom stereocenters. The maximum absolute atomic E-state index is 13.7. The summed E-state index contributed by atoms with van der Waals surface area (Å²) in [5.41, 5.74) is -1.04. The van der Waals surface area contributed by atoms with Gasteiger partial charge in [-0.05, 0) is 55.0 Å². The number of carbonyl (C=O) groups is 2. The van der Waals surface area contributed by atoms with E-state index in [-0.39, 0.29) is 16.5 Å². The fourth-order valence-electron chi connectivity index (χ4n) is 3.69. The first-order valence-electron chi connectivity index (χ1n) is 11.5. The molecule has 2 amide bonds. The Bertz CT molecular complexity index is 1440. The molecule has 0 bridgehead atoms. The number of amides is 2. The van der Waals surface area contributed by atoms with Crippen molar-refractivity contribution in [3.05, 3.63) is 93.4 Å². The van der Waals surface area contributed by atoms with Crippen molar-refractivity contribution in [2.45, 2.75) is 30.6 Å². The van der Waals surface area contributed by atoms with Crippen LogP contribution in [0.4, 0.5) is 18.9 Å². The zero-order chi connectivity index (χ0) is 29.0. The summed E-state index contributed by atoms with van der Waals surface area (Å²) in [4.78, 5) is 27.1. The summed E-state index contributed by atoms with van der Waals surface area (Å²) >= 11 is 9.53. The van der Waals surface area contributed by atoms with Gasteiger partial charge in [-0.3, -0.25) is 13.9 Å². The van der Waals surface area contributed by atoms with Crippen LogP contribution in [0.2, 0.25) is 5.02 Å². The number of rotatable bonds is 9. The molecule has 0 radical (unpaired) electrons. The number of hydrogen-bond donors (Lipinski definition) is 1. The van der Waals surface area contributed by atoms with Crippen LogP contribution in [0.5, 0.6) is 0 Å². The zero-order valence-electron chi connectivity index (χ0n) is 20.7. The molecule has 7 nitrogen and oxygen atoms in total. The smallest absolute Gasteiger partial charge is 0.357 e. The van der Waals surface area contributed by atoms with E-state index in [1.165, 1.54) is 38.2 Å². The molecule has 0 spiro atoms. The van der Waals surface area contributed by atoms with Gasteiger partial charge in [0.25, 0.3) is 10.0 Å². The lowest BCUT2D eigenvalue weighted by Crippen LogP contribution is -2.50. The van der Waals surface area contributed by atoms with Crippen molar-refractivity contribution >= 4 is 55.1 Å². The molecule has 3 aromatic rings. The number of anilines is 1. The van der Waals surface area contributed by atoms with E-state index in [2.05, 4.69) is 21.2 Å². The van der Waals surface area contributed by atoms with Gasteiger partial charge in [-0.15, -0.1) is 0 Å². The van der Waals surface area contributed by atoms with E-state index in [1.54, 1.807) is 30.3 Å². The van der Waals surface area contributed by atoms with Crippen LogP contribution in [0.1, 0.15) is 18.1 Å². The quantitative estimate of drug-likeness (QED) is 0.334. The van der Waals surface area contributed by atoms with Crippen LogP contribution >= 0.6 is 27.5 Å². The highest BCUT2D eigenvalue weighted by molar-refractivity contribution is 9.10. The van der Waals surface area contributed by atoms with Crippen molar-refractivity contribution in [1.82, 2.24) is 10.2 Å². The lowest BCUT2D eigenvalue weighted by molar-refractivity contribution is -0.139. The Kier molecular flexibility index (Phi) is 9.68. The number of benzene rings is 3. The fourth-order valence-corrected chi connectivity index (χ4v) is 5.67. The largest absolute Gasteiger partial charge is 0.416 e. The summed E-state index contributed by atoms with van der Waals surface area (Å²) in [6.07, 6.45) is -4.80. The van der Waals surface area contributed by atoms with Crippen molar-refractivity contribution in [3.63, 3.8) is 0 Å². The van der Waals surface area contributed by atoms with Crippen LogP contribution in [-0.2, 0) is 32.3 Å². The van der Waals surface area contributed by atoms with E-state index >= 15 is 0 Å². The molecule has 3 aromatic carbocycles. The second-order valence-corrected chi connectivity index (χ2v) is 11.6. The number of nitrogens with zero attached hydrogens (tertiary/aromatic N) is 2. The first-order chi connectivity index (χ1) is 18.3. The summed E-state index contributed by atoms with van der Waals surface area (Å²) < 4.78 is 69.3. The van der Waals surface area contributed by atoms with Crippen molar-refractivity contribution in [2.75, 3.05) is 17.9 Å². The zero-order valence-corrected chi connectivity index (χ0v) is 23.9. The maximum Gasteiger partial charge on any atom is 0.416 e. The second-order valence-electron chi connectivity index (χ2n) is 8.43. The van der Waals surface area contributed by atoms with Gasteiger partial charge in [0.2, 0.25) is 11.8 Å². The monoisotopic (exact) mass is 645 g/mol. The van der Waals surface area contributed by atoms with E-state index in [0.29, 0.717) is 22.0 Å². The third-order valence-corrected chi connectivity index (χ3v) is 8.45. The van der Waals surface area contributed by atoms with Gasteiger partial charge in [0.15, 0.2) is 0 Å². The number of hydrogen-bond acceptors (Lipinski definition) is 4. The minimum absolute atomic E-state index is 0.0732. The lowest BCUT2D eigenvalue weighted by Gasteiger charge is -2.32. The lowest BCUT2D eigenvalue weighted by atomic mass is 10.1. The summed E-state index contributed by atoms with van der Waals surface area (Å²) in [6.45, 7) is 0.468. The standard InChI is InChI=1S/C26H24BrClF3N3O4S/c1-17(25(36)32-2)33(15-18-8-11-20(27)12-9-18)24(35)16-34(39(37,38)21-6-4-3-5-7-21)23-14-19(26(29,30)31)10-13-22(23)28/h3-14,17H,15-16H2,1-2H3,(H,32,36). The normalized spacial score (nSPS) is 12.5. The topological polar surface area (TPSA) is 86.8 Å². The molecule has 13 heteroatoms. The Morgan fingerprint density at radius 1 is 1.03 bits per heavy atom. The minimum atomic E-state index is -4.80. The SMILES string of the molecule is CNC(=O)C(C)N(Cc1ccc(Br)cc1)C(=O)CN(c1cc(C(F)(F)F)ccc1Cl)S(=O)(=O)c1ccccc1. The highest BCUT2D eigenvalue weighted by Gasteiger charge is 2.36. The van der Waals surface area contributed by atoms with E-state index in [0.717, 1.165) is 15.4 Å². The van der Waals surface area contributed by atoms with Gasteiger partial charge in [0, 0.05) is 18.1 Å². The number of halogens is 5. The molecule has 0 fully saturated rings. The van der Waals surface area contributed by atoms with Crippen molar-refractivity contribution < 1.29 is 31.2 Å².